The van der Waals surface area contributed by atoms with Crippen LogP contribution in [0.2, 0.25) is 0 Å². The Morgan fingerprint density at radius 2 is 2.06 bits per heavy atom. The number of terminal acetylenes is 1. The van der Waals surface area contributed by atoms with Gasteiger partial charge in [0.1, 0.15) is 0 Å². The highest BCUT2D eigenvalue weighted by Crippen LogP contribution is 2.36. The molecule has 0 amide bonds. The van der Waals surface area contributed by atoms with E-state index in [0.717, 1.165) is 6.42 Å². The predicted molar refractivity (Wildman–Crippen MR) is 67.3 cm³/mol. The van der Waals surface area contributed by atoms with E-state index in [-0.39, 0.29) is 24.7 Å². The van der Waals surface area contributed by atoms with Crippen LogP contribution in [0, 0.1) is 24.2 Å². The first-order valence-corrected chi connectivity index (χ1v) is 6.31. The van der Waals surface area contributed by atoms with Crippen molar-refractivity contribution >= 4 is 0 Å². The summed E-state index contributed by atoms with van der Waals surface area (Å²) in [6.07, 6.45) is 6.86. The number of aliphatic hydroxyl groups is 1. The standard InChI is InChI=1S/C14H24O3/c1-6-7-12-11(3)13(10(2)8-9-15)17-14(4,5)16-12/h1,10-13,15H,7-9H2,2-5H3/t10-,11-,12+,13-/m1/s1. The van der Waals surface area contributed by atoms with Gasteiger partial charge < -0.3 is 14.6 Å². The molecule has 1 N–H and O–H groups in total. The van der Waals surface area contributed by atoms with Gasteiger partial charge in [0.25, 0.3) is 0 Å². The van der Waals surface area contributed by atoms with Crippen molar-refractivity contribution in [1.29, 1.82) is 0 Å². The molecule has 98 valence electrons. The molecule has 1 aliphatic heterocycles. The molecular weight excluding hydrogens is 216 g/mol. The first kappa shape index (κ1) is 14.5. The fourth-order valence-corrected chi connectivity index (χ4v) is 2.49. The van der Waals surface area contributed by atoms with Crippen LogP contribution in [-0.4, -0.2) is 29.7 Å². The Balaban J connectivity index is 2.78. The second-order valence-electron chi connectivity index (χ2n) is 5.40. The minimum atomic E-state index is -0.595. The molecule has 0 saturated carbocycles. The van der Waals surface area contributed by atoms with Gasteiger partial charge in [-0.2, -0.15) is 0 Å². The first-order chi connectivity index (χ1) is 7.91. The average Bonchev–Trinajstić information content (AvgIpc) is 2.23. The van der Waals surface area contributed by atoms with Crippen molar-refractivity contribution in [3.63, 3.8) is 0 Å². The van der Waals surface area contributed by atoms with E-state index in [0.29, 0.717) is 12.3 Å². The number of rotatable bonds is 4. The van der Waals surface area contributed by atoms with E-state index >= 15 is 0 Å². The van der Waals surface area contributed by atoms with E-state index in [1.54, 1.807) is 0 Å². The van der Waals surface area contributed by atoms with Crippen molar-refractivity contribution in [3.05, 3.63) is 0 Å². The van der Waals surface area contributed by atoms with Crippen molar-refractivity contribution in [2.24, 2.45) is 11.8 Å². The molecule has 0 radical (unpaired) electrons. The van der Waals surface area contributed by atoms with Gasteiger partial charge in [-0.3, -0.25) is 0 Å². The van der Waals surface area contributed by atoms with Crippen molar-refractivity contribution < 1.29 is 14.6 Å². The molecule has 0 aliphatic carbocycles. The molecule has 0 aromatic rings. The number of hydrogen-bond donors (Lipinski definition) is 1. The van der Waals surface area contributed by atoms with Crippen molar-refractivity contribution in [2.75, 3.05) is 6.61 Å². The zero-order valence-electron chi connectivity index (χ0n) is 11.3. The Bertz CT molecular complexity index is 280. The summed E-state index contributed by atoms with van der Waals surface area (Å²) in [5.74, 6) is 2.63. The summed E-state index contributed by atoms with van der Waals surface area (Å²) < 4.78 is 11.8. The third-order valence-electron chi connectivity index (χ3n) is 3.42. The Labute approximate surface area is 104 Å². The largest absolute Gasteiger partial charge is 0.396 e. The highest BCUT2D eigenvalue weighted by atomic mass is 16.7. The van der Waals surface area contributed by atoms with Crippen LogP contribution in [0.3, 0.4) is 0 Å². The van der Waals surface area contributed by atoms with Gasteiger partial charge in [-0.25, -0.2) is 0 Å². The monoisotopic (exact) mass is 240 g/mol. The molecule has 0 bridgehead atoms. The van der Waals surface area contributed by atoms with Crippen molar-refractivity contribution in [1.82, 2.24) is 0 Å². The highest BCUT2D eigenvalue weighted by Gasteiger charge is 2.42. The fraction of sp³-hybridized carbons (Fsp3) is 0.857. The van der Waals surface area contributed by atoms with E-state index in [2.05, 4.69) is 19.8 Å². The second kappa shape index (κ2) is 5.86. The van der Waals surface area contributed by atoms with Crippen molar-refractivity contribution in [2.45, 2.75) is 58.5 Å². The van der Waals surface area contributed by atoms with E-state index < -0.39 is 5.79 Å². The molecule has 4 atom stereocenters. The van der Waals surface area contributed by atoms with Crippen LogP contribution in [-0.2, 0) is 9.47 Å². The quantitative estimate of drug-likeness (QED) is 0.766. The summed E-state index contributed by atoms with van der Waals surface area (Å²) in [5.41, 5.74) is 0. The van der Waals surface area contributed by atoms with Gasteiger partial charge in [-0.1, -0.05) is 13.8 Å². The van der Waals surface area contributed by atoms with Crippen molar-refractivity contribution in [3.8, 4) is 12.3 Å². The lowest BCUT2D eigenvalue weighted by Crippen LogP contribution is -2.52. The minimum Gasteiger partial charge on any atom is -0.396 e. The molecule has 1 saturated heterocycles. The SMILES string of the molecule is C#CC[C@@H]1OC(C)(C)O[C@H]([C@H](C)CCO)[C@@H]1C. The van der Waals surface area contributed by atoms with Gasteiger partial charge in [-0.05, 0) is 26.2 Å². The summed E-state index contributed by atoms with van der Waals surface area (Å²) >= 11 is 0. The summed E-state index contributed by atoms with van der Waals surface area (Å²) in [6, 6.07) is 0. The van der Waals surface area contributed by atoms with Gasteiger partial charge in [0, 0.05) is 18.9 Å². The third-order valence-corrected chi connectivity index (χ3v) is 3.42. The van der Waals surface area contributed by atoms with E-state index in [4.69, 9.17) is 21.0 Å². The summed E-state index contributed by atoms with van der Waals surface area (Å²) in [6.45, 7) is 8.23. The Morgan fingerprint density at radius 1 is 1.41 bits per heavy atom. The molecule has 1 fully saturated rings. The lowest BCUT2D eigenvalue weighted by Gasteiger charge is -2.46. The van der Waals surface area contributed by atoms with Crippen LogP contribution >= 0.6 is 0 Å². The maximum atomic E-state index is 9.03. The molecule has 1 aliphatic rings. The van der Waals surface area contributed by atoms with Crippen LogP contribution < -0.4 is 0 Å². The highest BCUT2D eigenvalue weighted by molar-refractivity contribution is 4.94. The van der Waals surface area contributed by atoms with Gasteiger partial charge in [0.2, 0.25) is 0 Å². The van der Waals surface area contributed by atoms with E-state index in [1.807, 2.05) is 13.8 Å². The van der Waals surface area contributed by atoms with Crippen LogP contribution in [0.15, 0.2) is 0 Å². The van der Waals surface area contributed by atoms with E-state index in [1.165, 1.54) is 0 Å². The average molecular weight is 240 g/mol. The molecular formula is C14H24O3. The second-order valence-corrected chi connectivity index (χ2v) is 5.40. The maximum absolute atomic E-state index is 9.03. The molecule has 1 heterocycles. The third kappa shape index (κ3) is 3.70. The molecule has 0 unspecified atom stereocenters. The van der Waals surface area contributed by atoms with Gasteiger partial charge in [0.05, 0.1) is 12.2 Å². The van der Waals surface area contributed by atoms with Gasteiger partial charge >= 0.3 is 0 Å². The molecule has 1 rings (SSSR count). The normalized spacial score (nSPS) is 34.0. The van der Waals surface area contributed by atoms with Gasteiger partial charge in [-0.15, -0.1) is 12.3 Å². The number of hydrogen-bond acceptors (Lipinski definition) is 3. The van der Waals surface area contributed by atoms with Crippen LogP contribution in [0.1, 0.15) is 40.5 Å². The van der Waals surface area contributed by atoms with Crippen LogP contribution in [0.4, 0.5) is 0 Å². The molecule has 3 nitrogen and oxygen atoms in total. The lowest BCUT2D eigenvalue weighted by molar-refractivity contribution is -0.326. The van der Waals surface area contributed by atoms with E-state index in [9.17, 15) is 0 Å². The first-order valence-electron chi connectivity index (χ1n) is 6.31. The predicted octanol–water partition coefficient (Wildman–Crippen LogP) is 2.18. The molecule has 0 aromatic heterocycles. The van der Waals surface area contributed by atoms with Gasteiger partial charge in [0.15, 0.2) is 5.79 Å². The summed E-state index contributed by atoms with van der Waals surface area (Å²) in [5, 5.41) is 9.03. The summed E-state index contributed by atoms with van der Waals surface area (Å²) in [7, 11) is 0. The number of aliphatic hydroxyl groups excluding tert-OH is 1. The molecule has 17 heavy (non-hydrogen) atoms. The molecule has 3 heteroatoms. The Hall–Kier alpha value is -0.560. The van der Waals surface area contributed by atoms with Crippen LogP contribution in [0.25, 0.3) is 0 Å². The zero-order valence-corrected chi connectivity index (χ0v) is 11.3. The minimum absolute atomic E-state index is 0.0369. The Kier molecular flexibility index (Phi) is 5.00. The molecule has 0 aromatic carbocycles. The maximum Gasteiger partial charge on any atom is 0.163 e. The Morgan fingerprint density at radius 3 is 2.59 bits per heavy atom. The number of ether oxygens (including phenoxy) is 2. The smallest absolute Gasteiger partial charge is 0.163 e. The fourth-order valence-electron chi connectivity index (χ4n) is 2.49. The lowest BCUT2D eigenvalue weighted by atomic mass is 9.85. The summed E-state index contributed by atoms with van der Waals surface area (Å²) in [4.78, 5) is 0. The van der Waals surface area contributed by atoms with Crippen LogP contribution in [0.5, 0.6) is 0 Å². The topological polar surface area (TPSA) is 38.7 Å². The zero-order chi connectivity index (χ0) is 13.1. The molecule has 0 spiro atoms.